The van der Waals surface area contributed by atoms with Crippen molar-refractivity contribution in [3.05, 3.63) is 65.5 Å². The molecule has 0 aliphatic heterocycles. The second kappa shape index (κ2) is 5.02. The van der Waals surface area contributed by atoms with Crippen molar-refractivity contribution in [2.45, 2.75) is 13.5 Å². The van der Waals surface area contributed by atoms with Crippen LogP contribution in [0.25, 0.3) is 22.2 Å². The summed E-state index contributed by atoms with van der Waals surface area (Å²) in [7, 11) is 0. The van der Waals surface area contributed by atoms with E-state index in [1.54, 1.807) is 6.07 Å². The molecular weight excluding hydrogens is 253 g/mol. The van der Waals surface area contributed by atoms with Gasteiger partial charge < -0.3 is 5.11 Å². The first kappa shape index (κ1) is 12.8. The van der Waals surface area contributed by atoms with Gasteiger partial charge in [-0.2, -0.15) is 0 Å². The van der Waals surface area contributed by atoms with Crippen LogP contribution in [0.4, 0.5) is 4.39 Å². The molecule has 100 valence electrons. The molecule has 2 aromatic carbocycles. The number of aliphatic hydroxyl groups excluding tert-OH is 1. The zero-order valence-electron chi connectivity index (χ0n) is 11.1. The average molecular weight is 267 g/mol. The molecule has 20 heavy (non-hydrogen) atoms. The topological polar surface area (TPSA) is 33.1 Å². The minimum atomic E-state index is -0.310. The van der Waals surface area contributed by atoms with Gasteiger partial charge in [0.2, 0.25) is 0 Å². The van der Waals surface area contributed by atoms with Crippen LogP contribution in [0.5, 0.6) is 0 Å². The van der Waals surface area contributed by atoms with E-state index in [0.717, 1.165) is 27.8 Å². The van der Waals surface area contributed by atoms with Crippen LogP contribution in [-0.4, -0.2) is 10.1 Å². The summed E-state index contributed by atoms with van der Waals surface area (Å²) in [6, 6.07) is 14.4. The van der Waals surface area contributed by atoms with Crippen molar-refractivity contribution in [2.75, 3.05) is 0 Å². The lowest BCUT2D eigenvalue weighted by Gasteiger charge is -2.08. The van der Waals surface area contributed by atoms with Crippen molar-refractivity contribution in [1.29, 1.82) is 0 Å². The molecule has 1 N–H and O–H groups in total. The summed E-state index contributed by atoms with van der Waals surface area (Å²) in [6.07, 6.45) is 0. The lowest BCUT2D eigenvalue weighted by molar-refractivity contribution is 0.282. The van der Waals surface area contributed by atoms with Gasteiger partial charge in [0, 0.05) is 10.9 Å². The van der Waals surface area contributed by atoms with E-state index in [9.17, 15) is 4.39 Å². The Hall–Kier alpha value is -2.26. The number of aromatic nitrogens is 1. The SMILES string of the molecule is Cc1cc2cccc(F)c2nc1-c1ccc(CO)cc1. The number of hydrogen-bond acceptors (Lipinski definition) is 2. The zero-order valence-corrected chi connectivity index (χ0v) is 11.1. The maximum atomic E-state index is 13.8. The molecule has 0 bridgehead atoms. The van der Waals surface area contributed by atoms with Crippen molar-refractivity contribution in [1.82, 2.24) is 4.98 Å². The highest BCUT2D eigenvalue weighted by Gasteiger charge is 2.09. The van der Waals surface area contributed by atoms with E-state index in [1.165, 1.54) is 6.07 Å². The first-order valence-corrected chi connectivity index (χ1v) is 6.45. The lowest BCUT2D eigenvalue weighted by Crippen LogP contribution is -1.93. The number of nitrogens with zero attached hydrogens (tertiary/aromatic N) is 1. The number of benzene rings is 2. The Morgan fingerprint density at radius 3 is 2.55 bits per heavy atom. The van der Waals surface area contributed by atoms with E-state index in [2.05, 4.69) is 4.98 Å². The van der Waals surface area contributed by atoms with Gasteiger partial charge in [0.05, 0.1) is 12.3 Å². The van der Waals surface area contributed by atoms with Gasteiger partial charge in [0.25, 0.3) is 0 Å². The predicted octanol–water partition coefficient (Wildman–Crippen LogP) is 3.84. The molecule has 2 nitrogen and oxygen atoms in total. The first-order valence-electron chi connectivity index (χ1n) is 6.45. The van der Waals surface area contributed by atoms with Crippen molar-refractivity contribution < 1.29 is 9.50 Å². The lowest BCUT2D eigenvalue weighted by atomic mass is 10.0. The molecule has 0 unspecified atom stereocenters. The Bertz CT molecular complexity index is 766. The number of halogens is 1. The van der Waals surface area contributed by atoms with Crippen LogP contribution in [0.15, 0.2) is 48.5 Å². The molecule has 1 aromatic heterocycles. The smallest absolute Gasteiger partial charge is 0.149 e. The highest BCUT2D eigenvalue weighted by molar-refractivity contribution is 5.83. The highest BCUT2D eigenvalue weighted by atomic mass is 19.1. The number of pyridine rings is 1. The Kier molecular flexibility index (Phi) is 3.20. The van der Waals surface area contributed by atoms with E-state index < -0.39 is 0 Å². The average Bonchev–Trinajstić information content (AvgIpc) is 2.47. The Balaban J connectivity index is 2.19. The molecule has 0 saturated heterocycles. The number of hydrogen-bond donors (Lipinski definition) is 1. The van der Waals surface area contributed by atoms with Crippen LogP contribution >= 0.6 is 0 Å². The molecule has 0 atom stereocenters. The molecule has 0 amide bonds. The summed E-state index contributed by atoms with van der Waals surface area (Å²) >= 11 is 0. The van der Waals surface area contributed by atoms with E-state index >= 15 is 0 Å². The fourth-order valence-corrected chi connectivity index (χ4v) is 2.33. The third-order valence-electron chi connectivity index (χ3n) is 3.40. The summed E-state index contributed by atoms with van der Waals surface area (Å²) in [5, 5.41) is 9.87. The van der Waals surface area contributed by atoms with Crippen LogP contribution in [0.1, 0.15) is 11.1 Å². The molecular formula is C17H14FNO. The van der Waals surface area contributed by atoms with Gasteiger partial charge >= 0.3 is 0 Å². The summed E-state index contributed by atoms with van der Waals surface area (Å²) in [4.78, 5) is 4.46. The summed E-state index contributed by atoms with van der Waals surface area (Å²) in [5.41, 5.74) is 3.93. The van der Waals surface area contributed by atoms with E-state index in [4.69, 9.17) is 5.11 Å². The van der Waals surface area contributed by atoms with Crippen LogP contribution in [0.2, 0.25) is 0 Å². The fourth-order valence-electron chi connectivity index (χ4n) is 2.33. The normalized spacial score (nSPS) is 10.9. The molecule has 0 spiro atoms. The summed E-state index contributed by atoms with van der Waals surface area (Å²) < 4.78 is 13.8. The number of para-hydroxylation sites is 1. The number of aliphatic hydroxyl groups is 1. The number of aryl methyl sites for hydroxylation is 1. The van der Waals surface area contributed by atoms with E-state index in [-0.39, 0.29) is 12.4 Å². The summed E-state index contributed by atoms with van der Waals surface area (Å²) in [6.45, 7) is 1.98. The maximum Gasteiger partial charge on any atom is 0.149 e. The highest BCUT2D eigenvalue weighted by Crippen LogP contribution is 2.26. The summed E-state index contributed by atoms with van der Waals surface area (Å²) in [5.74, 6) is -0.310. The minimum absolute atomic E-state index is 0.0129. The number of rotatable bonds is 2. The van der Waals surface area contributed by atoms with Crippen molar-refractivity contribution >= 4 is 10.9 Å². The Morgan fingerprint density at radius 2 is 1.85 bits per heavy atom. The molecule has 0 aliphatic rings. The molecule has 3 heteroatoms. The fraction of sp³-hybridized carbons (Fsp3) is 0.118. The van der Waals surface area contributed by atoms with E-state index in [0.29, 0.717) is 5.52 Å². The molecule has 0 aliphatic carbocycles. The quantitative estimate of drug-likeness (QED) is 0.765. The maximum absolute atomic E-state index is 13.8. The second-order valence-corrected chi connectivity index (χ2v) is 4.82. The third-order valence-corrected chi connectivity index (χ3v) is 3.40. The van der Waals surface area contributed by atoms with Crippen LogP contribution in [0.3, 0.4) is 0 Å². The minimum Gasteiger partial charge on any atom is -0.392 e. The second-order valence-electron chi connectivity index (χ2n) is 4.82. The van der Waals surface area contributed by atoms with Gasteiger partial charge in [0.15, 0.2) is 0 Å². The molecule has 0 fully saturated rings. The van der Waals surface area contributed by atoms with Gasteiger partial charge in [-0.15, -0.1) is 0 Å². The van der Waals surface area contributed by atoms with Gasteiger partial charge in [0.1, 0.15) is 11.3 Å². The van der Waals surface area contributed by atoms with Gasteiger partial charge in [-0.1, -0.05) is 36.4 Å². The van der Waals surface area contributed by atoms with Crippen LogP contribution < -0.4 is 0 Å². The van der Waals surface area contributed by atoms with E-state index in [1.807, 2.05) is 43.3 Å². The Morgan fingerprint density at radius 1 is 1.10 bits per heavy atom. The third kappa shape index (κ3) is 2.17. The standard InChI is InChI=1S/C17H14FNO/c1-11-9-14-3-2-4-15(18)17(14)19-16(11)13-7-5-12(10-20)6-8-13/h2-9,20H,10H2,1H3. The Labute approximate surface area is 116 Å². The molecule has 3 rings (SSSR count). The van der Waals surface area contributed by atoms with Crippen molar-refractivity contribution in [3.63, 3.8) is 0 Å². The zero-order chi connectivity index (χ0) is 14.1. The van der Waals surface area contributed by atoms with Crippen LogP contribution in [-0.2, 0) is 6.61 Å². The molecule has 0 radical (unpaired) electrons. The largest absolute Gasteiger partial charge is 0.392 e. The van der Waals surface area contributed by atoms with Gasteiger partial charge in [-0.3, -0.25) is 0 Å². The monoisotopic (exact) mass is 267 g/mol. The van der Waals surface area contributed by atoms with Gasteiger partial charge in [-0.05, 0) is 30.2 Å². The molecule has 1 heterocycles. The van der Waals surface area contributed by atoms with Gasteiger partial charge in [-0.25, -0.2) is 9.37 Å². The van der Waals surface area contributed by atoms with Crippen molar-refractivity contribution in [3.8, 4) is 11.3 Å². The van der Waals surface area contributed by atoms with Crippen LogP contribution in [0, 0.1) is 12.7 Å². The molecule has 3 aromatic rings. The molecule has 0 saturated carbocycles. The van der Waals surface area contributed by atoms with Crippen molar-refractivity contribution in [2.24, 2.45) is 0 Å². The number of fused-ring (bicyclic) bond motifs is 1. The predicted molar refractivity (Wildman–Crippen MR) is 77.8 cm³/mol. The first-order chi connectivity index (χ1) is 9.69.